The number of carbonyl (C=O) groups excluding carboxylic acids is 3. The van der Waals surface area contributed by atoms with E-state index in [9.17, 15) is 14.4 Å². The Hall–Kier alpha value is -1.67. The van der Waals surface area contributed by atoms with Crippen molar-refractivity contribution in [1.82, 2.24) is 0 Å². The van der Waals surface area contributed by atoms with Crippen LogP contribution in [0.4, 0.5) is 0 Å². The van der Waals surface area contributed by atoms with E-state index in [0.717, 1.165) is 6.92 Å². The third-order valence-electron chi connectivity index (χ3n) is 1.55. The van der Waals surface area contributed by atoms with Crippen LogP contribution in [0, 0.1) is 0 Å². The summed E-state index contributed by atoms with van der Waals surface area (Å²) in [5.41, 5.74) is 10.1. The molecule has 0 rings (SSSR count). The van der Waals surface area contributed by atoms with E-state index in [1.54, 1.807) is 0 Å². The van der Waals surface area contributed by atoms with Crippen molar-refractivity contribution in [2.75, 3.05) is 0 Å². The van der Waals surface area contributed by atoms with Crippen LogP contribution >= 0.6 is 0 Å². The second kappa shape index (κ2) is 6.75. The van der Waals surface area contributed by atoms with E-state index in [0.29, 0.717) is 0 Å². The molecule has 0 saturated carbocycles. The van der Waals surface area contributed by atoms with E-state index in [1.165, 1.54) is 0 Å². The molecule has 0 radical (unpaired) electrons. The molecule has 0 aromatic rings. The SMILES string of the molecule is CC(O)C(=O)OOC(=O)C(N)CCC(N)=O. The zero-order valence-electron chi connectivity index (χ0n) is 8.71. The number of aliphatic hydroxyl groups excluding tert-OH is 1. The highest BCUT2D eigenvalue weighted by molar-refractivity contribution is 5.79. The largest absolute Gasteiger partial charge is 0.383 e. The Balaban J connectivity index is 3.88. The Morgan fingerprint density at radius 1 is 1.25 bits per heavy atom. The highest BCUT2D eigenvalue weighted by Crippen LogP contribution is 1.98. The van der Waals surface area contributed by atoms with E-state index in [1.807, 2.05) is 0 Å². The van der Waals surface area contributed by atoms with Crippen LogP contribution in [0.5, 0.6) is 0 Å². The standard InChI is InChI=1S/C8H14N2O6/c1-4(11)7(13)15-16-8(14)5(9)2-3-6(10)12/h4-5,11H,2-3,9H2,1H3,(H2,10,12). The Bertz CT molecular complexity index is 278. The molecule has 0 aromatic heterocycles. The van der Waals surface area contributed by atoms with Crippen molar-refractivity contribution in [2.45, 2.75) is 31.9 Å². The molecule has 2 atom stereocenters. The number of primary amides is 1. The van der Waals surface area contributed by atoms with Gasteiger partial charge in [0.2, 0.25) is 5.91 Å². The summed E-state index contributed by atoms with van der Waals surface area (Å²) in [6.45, 7) is 1.14. The first kappa shape index (κ1) is 14.3. The van der Waals surface area contributed by atoms with Gasteiger partial charge in [0.1, 0.15) is 6.04 Å². The molecule has 92 valence electrons. The van der Waals surface area contributed by atoms with Gasteiger partial charge in [-0.1, -0.05) is 0 Å². The quantitative estimate of drug-likeness (QED) is 0.367. The molecule has 0 aliphatic rings. The minimum atomic E-state index is -1.41. The number of carbonyl (C=O) groups is 3. The van der Waals surface area contributed by atoms with E-state index in [-0.39, 0.29) is 12.8 Å². The molecular formula is C8H14N2O6. The first-order valence-electron chi connectivity index (χ1n) is 4.48. The van der Waals surface area contributed by atoms with E-state index in [2.05, 4.69) is 9.78 Å². The molecule has 2 unspecified atom stereocenters. The Morgan fingerprint density at radius 2 is 1.75 bits per heavy atom. The average Bonchev–Trinajstić information content (AvgIpc) is 2.21. The summed E-state index contributed by atoms with van der Waals surface area (Å²) < 4.78 is 0. The van der Waals surface area contributed by atoms with Crippen molar-refractivity contribution in [3.05, 3.63) is 0 Å². The molecular weight excluding hydrogens is 220 g/mol. The first-order chi connectivity index (χ1) is 7.34. The smallest absolute Gasteiger partial charge is 0.382 e. The van der Waals surface area contributed by atoms with Gasteiger partial charge in [0.25, 0.3) is 0 Å². The number of amides is 1. The average molecular weight is 234 g/mol. The van der Waals surface area contributed by atoms with Gasteiger partial charge in [-0.3, -0.25) is 4.79 Å². The molecule has 0 bridgehead atoms. The van der Waals surface area contributed by atoms with Gasteiger partial charge in [-0.05, 0) is 13.3 Å². The maximum atomic E-state index is 11.0. The number of hydrogen-bond acceptors (Lipinski definition) is 7. The van der Waals surface area contributed by atoms with Crippen molar-refractivity contribution in [1.29, 1.82) is 0 Å². The summed E-state index contributed by atoms with van der Waals surface area (Å²) in [6, 6.07) is -1.12. The summed E-state index contributed by atoms with van der Waals surface area (Å²) in [6.07, 6.45) is -1.50. The van der Waals surface area contributed by atoms with Gasteiger partial charge in [0.05, 0.1) is 0 Å². The van der Waals surface area contributed by atoms with E-state index >= 15 is 0 Å². The third-order valence-corrected chi connectivity index (χ3v) is 1.55. The van der Waals surface area contributed by atoms with Gasteiger partial charge in [0.15, 0.2) is 6.10 Å². The highest BCUT2D eigenvalue weighted by atomic mass is 17.2. The summed E-state index contributed by atoms with van der Waals surface area (Å²) in [5, 5.41) is 8.69. The van der Waals surface area contributed by atoms with Gasteiger partial charge in [-0.25, -0.2) is 19.4 Å². The van der Waals surface area contributed by atoms with Crippen LogP contribution < -0.4 is 11.5 Å². The van der Waals surface area contributed by atoms with Gasteiger partial charge in [-0.15, -0.1) is 0 Å². The van der Waals surface area contributed by atoms with E-state index < -0.39 is 30.0 Å². The summed E-state index contributed by atoms with van der Waals surface area (Å²) in [4.78, 5) is 40.1. The lowest BCUT2D eigenvalue weighted by atomic mass is 10.2. The number of rotatable bonds is 5. The van der Waals surface area contributed by atoms with Crippen molar-refractivity contribution in [3.8, 4) is 0 Å². The normalized spacial score (nSPS) is 13.7. The van der Waals surface area contributed by atoms with Crippen LogP contribution in [-0.4, -0.2) is 35.1 Å². The van der Waals surface area contributed by atoms with E-state index in [4.69, 9.17) is 16.6 Å². The third kappa shape index (κ3) is 5.94. The van der Waals surface area contributed by atoms with Crippen molar-refractivity contribution >= 4 is 17.8 Å². The predicted molar refractivity (Wildman–Crippen MR) is 50.3 cm³/mol. The molecule has 0 aliphatic carbocycles. The van der Waals surface area contributed by atoms with Gasteiger partial charge >= 0.3 is 11.9 Å². The first-order valence-corrected chi connectivity index (χ1v) is 4.48. The molecule has 1 amide bonds. The topological polar surface area (TPSA) is 142 Å². The lowest BCUT2D eigenvalue weighted by Crippen LogP contribution is -2.34. The zero-order valence-corrected chi connectivity index (χ0v) is 8.71. The van der Waals surface area contributed by atoms with Crippen molar-refractivity contribution in [3.63, 3.8) is 0 Å². The number of aliphatic hydroxyl groups is 1. The number of nitrogens with two attached hydrogens (primary N) is 2. The summed E-state index contributed by atoms with van der Waals surface area (Å²) in [5.74, 6) is -2.74. The van der Waals surface area contributed by atoms with Crippen LogP contribution in [0.15, 0.2) is 0 Å². The molecule has 0 fully saturated rings. The molecule has 8 heteroatoms. The molecule has 5 N–H and O–H groups in total. The van der Waals surface area contributed by atoms with Gasteiger partial charge in [0, 0.05) is 6.42 Å². The van der Waals surface area contributed by atoms with Crippen LogP contribution in [0.1, 0.15) is 19.8 Å². The maximum absolute atomic E-state index is 11.0. The van der Waals surface area contributed by atoms with Crippen molar-refractivity contribution in [2.24, 2.45) is 11.5 Å². The molecule has 8 nitrogen and oxygen atoms in total. The second-order valence-corrected chi connectivity index (χ2v) is 3.09. The highest BCUT2D eigenvalue weighted by Gasteiger charge is 2.20. The Kier molecular flexibility index (Phi) is 6.04. The number of hydrogen-bond donors (Lipinski definition) is 3. The lowest BCUT2D eigenvalue weighted by Gasteiger charge is -2.09. The molecule has 0 aromatic carbocycles. The van der Waals surface area contributed by atoms with Gasteiger partial charge in [-0.2, -0.15) is 0 Å². The molecule has 16 heavy (non-hydrogen) atoms. The van der Waals surface area contributed by atoms with Crippen LogP contribution in [-0.2, 0) is 24.2 Å². The van der Waals surface area contributed by atoms with Crippen molar-refractivity contribution < 1.29 is 29.3 Å². The predicted octanol–water partition coefficient (Wildman–Crippen LogP) is -2.04. The fourth-order valence-corrected chi connectivity index (χ4v) is 0.629. The lowest BCUT2D eigenvalue weighted by molar-refractivity contribution is -0.264. The fraction of sp³-hybridized carbons (Fsp3) is 0.625. The second-order valence-electron chi connectivity index (χ2n) is 3.09. The van der Waals surface area contributed by atoms with Crippen LogP contribution in [0.2, 0.25) is 0 Å². The molecule has 0 aliphatic heterocycles. The van der Waals surface area contributed by atoms with Crippen LogP contribution in [0.25, 0.3) is 0 Å². The molecule has 0 heterocycles. The van der Waals surface area contributed by atoms with Gasteiger partial charge < -0.3 is 16.6 Å². The minimum absolute atomic E-state index is 0.0135. The minimum Gasteiger partial charge on any atom is -0.382 e. The Labute approximate surface area is 91.4 Å². The Morgan fingerprint density at radius 3 is 2.19 bits per heavy atom. The molecule has 0 spiro atoms. The molecule has 0 saturated heterocycles. The maximum Gasteiger partial charge on any atom is 0.383 e. The zero-order chi connectivity index (χ0) is 12.7. The fourth-order valence-electron chi connectivity index (χ4n) is 0.629. The summed E-state index contributed by atoms with van der Waals surface area (Å²) >= 11 is 0. The summed E-state index contributed by atoms with van der Waals surface area (Å²) in [7, 11) is 0. The monoisotopic (exact) mass is 234 g/mol. The van der Waals surface area contributed by atoms with Crippen LogP contribution in [0.3, 0.4) is 0 Å².